The van der Waals surface area contributed by atoms with E-state index < -0.39 is 0 Å². The van der Waals surface area contributed by atoms with Gasteiger partial charge in [-0.25, -0.2) is 0 Å². The second kappa shape index (κ2) is 4.64. The van der Waals surface area contributed by atoms with Crippen LogP contribution in [-0.4, -0.2) is 0 Å². The zero-order valence-corrected chi connectivity index (χ0v) is 9.35. The van der Waals surface area contributed by atoms with Crippen LogP contribution in [-0.2, 0) is 0 Å². The predicted octanol–water partition coefficient (Wildman–Crippen LogP) is 4.14. The molecule has 0 bridgehead atoms. The van der Waals surface area contributed by atoms with Crippen molar-refractivity contribution in [1.29, 1.82) is 0 Å². The van der Waals surface area contributed by atoms with Crippen LogP contribution in [0.4, 0.5) is 0 Å². The van der Waals surface area contributed by atoms with E-state index in [9.17, 15) is 0 Å². The average molecular weight is 177 g/mol. The molecule has 0 saturated carbocycles. The highest BCUT2D eigenvalue weighted by atomic mass is 14.2. The number of rotatable bonds is 4. The number of hydrogen-bond acceptors (Lipinski definition) is 0. The largest absolute Gasteiger partial charge is 0.0763 e. The molecule has 13 heavy (non-hydrogen) atoms. The highest BCUT2D eigenvalue weighted by Crippen LogP contribution is 2.33. The summed E-state index contributed by atoms with van der Waals surface area (Å²) in [5.41, 5.74) is 3.06. The van der Waals surface area contributed by atoms with E-state index in [1.54, 1.807) is 5.57 Å². The van der Waals surface area contributed by atoms with Crippen molar-refractivity contribution in [3.63, 3.8) is 0 Å². The highest BCUT2D eigenvalue weighted by Gasteiger charge is 2.19. The third-order valence-corrected chi connectivity index (χ3v) is 3.17. The monoisotopic (exact) mass is 177 g/mol. The molecule has 0 aromatic heterocycles. The Labute approximate surface area is 82.7 Å². The van der Waals surface area contributed by atoms with Gasteiger partial charge in [0.1, 0.15) is 0 Å². The van der Waals surface area contributed by atoms with E-state index in [1.807, 2.05) is 0 Å². The zero-order valence-electron chi connectivity index (χ0n) is 9.35. The van der Waals surface area contributed by atoms with Gasteiger partial charge in [0.25, 0.3) is 0 Å². The van der Waals surface area contributed by atoms with Gasteiger partial charge < -0.3 is 0 Å². The molecule has 0 N–H and O–H groups in total. The van der Waals surface area contributed by atoms with E-state index >= 15 is 0 Å². The lowest BCUT2D eigenvalue weighted by atomic mass is 9.86. The Morgan fingerprint density at radius 2 is 1.85 bits per heavy atom. The Balaban J connectivity index is 2.72. The molecule has 1 radical (unpaired) electrons. The van der Waals surface area contributed by atoms with Crippen LogP contribution in [0, 0.1) is 17.9 Å². The van der Waals surface area contributed by atoms with Gasteiger partial charge in [0.05, 0.1) is 0 Å². The van der Waals surface area contributed by atoms with Crippen molar-refractivity contribution in [3.8, 4) is 0 Å². The first-order chi connectivity index (χ1) is 6.20. The minimum atomic E-state index is 0.697. The molecule has 1 rings (SSSR count). The lowest BCUT2D eigenvalue weighted by Gasteiger charge is -2.19. The van der Waals surface area contributed by atoms with E-state index in [0.717, 1.165) is 12.3 Å². The molecule has 0 heteroatoms. The van der Waals surface area contributed by atoms with Gasteiger partial charge in [-0.15, -0.1) is 0 Å². The van der Waals surface area contributed by atoms with Crippen LogP contribution in [0.15, 0.2) is 17.2 Å². The lowest BCUT2D eigenvalue weighted by Crippen LogP contribution is -2.05. The molecule has 1 aliphatic rings. The van der Waals surface area contributed by atoms with Crippen LogP contribution >= 0.6 is 0 Å². The second-order valence-corrected chi connectivity index (χ2v) is 4.07. The van der Waals surface area contributed by atoms with Gasteiger partial charge in [0.2, 0.25) is 0 Å². The summed E-state index contributed by atoms with van der Waals surface area (Å²) in [6.45, 7) is 9.15. The minimum Gasteiger partial charge on any atom is -0.0763 e. The molecule has 0 nitrogen and oxygen atoms in total. The zero-order chi connectivity index (χ0) is 9.84. The van der Waals surface area contributed by atoms with Crippen molar-refractivity contribution in [2.24, 2.45) is 11.8 Å². The molecule has 0 fully saturated rings. The van der Waals surface area contributed by atoms with Gasteiger partial charge in [-0.1, -0.05) is 33.8 Å². The maximum Gasteiger partial charge on any atom is -0.00855 e. The summed E-state index contributed by atoms with van der Waals surface area (Å²) in [6, 6.07) is 0. The van der Waals surface area contributed by atoms with Crippen LogP contribution < -0.4 is 0 Å². The topological polar surface area (TPSA) is 0 Å². The van der Waals surface area contributed by atoms with Gasteiger partial charge in [0, 0.05) is 0 Å². The molecule has 0 amide bonds. The third-order valence-electron chi connectivity index (χ3n) is 3.17. The van der Waals surface area contributed by atoms with E-state index in [0.29, 0.717) is 5.92 Å². The summed E-state index contributed by atoms with van der Waals surface area (Å²) in [7, 11) is 0. The summed E-state index contributed by atoms with van der Waals surface area (Å²) >= 11 is 0. The van der Waals surface area contributed by atoms with Gasteiger partial charge in [-0.3, -0.25) is 0 Å². The molecule has 2 unspecified atom stereocenters. The van der Waals surface area contributed by atoms with Gasteiger partial charge in [0.15, 0.2) is 0 Å². The quantitative estimate of drug-likeness (QED) is 0.605. The van der Waals surface area contributed by atoms with Gasteiger partial charge in [-0.05, 0) is 48.3 Å². The van der Waals surface area contributed by atoms with Crippen molar-refractivity contribution < 1.29 is 0 Å². The molecule has 0 spiro atoms. The highest BCUT2D eigenvalue weighted by molar-refractivity contribution is 5.37. The molecular formula is C13H21. The Kier molecular flexibility index (Phi) is 3.77. The number of allylic oxidation sites excluding steroid dienone is 4. The van der Waals surface area contributed by atoms with E-state index in [4.69, 9.17) is 0 Å². The first-order valence-corrected chi connectivity index (χ1v) is 5.51. The summed E-state index contributed by atoms with van der Waals surface area (Å²) in [5.74, 6) is 1.42. The van der Waals surface area contributed by atoms with E-state index in [1.165, 1.54) is 18.4 Å². The maximum atomic E-state index is 3.50. The van der Waals surface area contributed by atoms with Crippen molar-refractivity contribution in [3.05, 3.63) is 23.3 Å². The summed E-state index contributed by atoms with van der Waals surface area (Å²) < 4.78 is 0. The lowest BCUT2D eigenvalue weighted by molar-refractivity contribution is 0.603. The first kappa shape index (κ1) is 10.6. The van der Waals surface area contributed by atoms with Crippen molar-refractivity contribution in [1.82, 2.24) is 0 Å². The second-order valence-electron chi connectivity index (χ2n) is 4.07. The first-order valence-electron chi connectivity index (χ1n) is 5.51. The molecular weight excluding hydrogens is 156 g/mol. The maximum absolute atomic E-state index is 3.50. The molecule has 0 aromatic rings. The normalized spacial score (nSPS) is 20.9. The molecule has 0 saturated heterocycles. The Morgan fingerprint density at radius 1 is 1.23 bits per heavy atom. The Morgan fingerprint density at radius 3 is 2.38 bits per heavy atom. The summed E-state index contributed by atoms with van der Waals surface area (Å²) in [5, 5.41) is 0. The predicted molar refractivity (Wildman–Crippen MR) is 58.4 cm³/mol. The fraction of sp³-hybridized carbons (Fsp3) is 0.692. The van der Waals surface area contributed by atoms with Gasteiger partial charge >= 0.3 is 0 Å². The van der Waals surface area contributed by atoms with Gasteiger partial charge in [-0.2, -0.15) is 0 Å². The minimum absolute atomic E-state index is 0.697. The van der Waals surface area contributed by atoms with Crippen LogP contribution in [0.5, 0.6) is 0 Å². The van der Waals surface area contributed by atoms with Crippen LogP contribution in [0.25, 0.3) is 0 Å². The van der Waals surface area contributed by atoms with Crippen LogP contribution in [0.3, 0.4) is 0 Å². The smallest absolute Gasteiger partial charge is 0.00855 e. The fourth-order valence-electron chi connectivity index (χ4n) is 1.83. The van der Waals surface area contributed by atoms with Crippen molar-refractivity contribution >= 4 is 0 Å². The number of hydrogen-bond donors (Lipinski definition) is 0. The molecule has 1 aliphatic carbocycles. The summed E-state index contributed by atoms with van der Waals surface area (Å²) in [6.07, 6.45) is 9.37. The average Bonchev–Trinajstić information content (AvgIpc) is 2.63. The molecule has 73 valence electrons. The molecule has 0 aromatic carbocycles. The Bertz CT molecular complexity index is 196. The van der Waals surface area contributed by atoms with E-state index in [-0.39, 0.29) is 0 Å². The van der Waals surface area contributed by atoms with Crippen molar-refractivity contribution in [2.75, 3.05) is 0 Å². The van der Waals surface area contributed by atoms with Crippen LogP contribution in [0.2, 0.25) is 0 Å². The molecule has 0 aliphatic heterocycles. The van der Waals surface area contributed by atoms with Crippen LogP contribution in [0.1, 0.15) is 47.0 Å². The van der Waals surface area contributed by atoms with E-state index in [2.05, 4.69) is 39.8 Å². The van der Waals surface area contributed by atoms with Crippen molar-refractivity contribution in [2.45, 2.75) is 47.0 Å². The molecule has 2 atom stereocenters. The third kappa shape index (κ3) is 2.24. The molecule has 0 heterocycles. The standard InChI is InChI=1S/C13H21/c1-5-10(3)12-8-7-9-13(12)11(4)6-2/h8,10-11H,5-7H2,1-4H3. The SMILES string of the molecule is CCC(C)C1=[C]CC=C1C(C)CC. The summed E-state index contributed by atoms with van der Waals surface area (Å²) in [4.78, 5) is 0. The Hall–Kier alpha value is -0.520. The fourth-order valence-corrected chi connectivity index (χ4v) is 1.83.